The smallest absolute Gasteiger partial charge is 0.311 e. The Kier molecular flexibility index (Phi) is 7.35. The lowest BCUT2D eigenvalue weighted by molar-refractivity contribution is -0.152. The van der Waals surface area contributed by atoms with Crippen LogP contribution in [0.4, 0.5) is 4.39 Å². The molecule has 1 unspecified atom stereocenters. The van der Waals surface area contributed by atoms with E-state index in [1.54, 1.807) is 6.07 Å². The Morgan fingerprint density at radius 1 is 1.17 bits per heavy atom. The third kappa shape index (κ3) is 5.38. The van der Waals surface area contributed by atoms with E-state index in [1.807, 2.05) is 13.0 Å². The molecule has 11 heteroatoms. The highest BCUT2D eigenvalue weighted by Gasteiger charge is 2.35. The van der Waals surface area contributed by atoms with Crippen molar-refractivity contribution < 1.29 is 23.5 Å². The van der Waals surface area contributed by atoms with Crippen molar-refractivity contribution in [2.75, 3.05) is 13.7 Å². The number of methoxy groups -OCH3 is 1. The number of carbonyl (C=O) groups is 3. The Hall–Kier alpha value is -3.79. The summed E-state index contributed by atoms with van der Waals surface area (Å²) in [7, 11) is 1.38. The Morgan fingerprint density at radius 2 is 1.94 bits per heavy atom. The first-order chi connectivity index (χ1) is 17.2. The molecule has 3 aromatic rings. The number of amides is 2. The molecule has 4 rings (SSSR count). The molecule has 0 saturated carbocycles. The van der Waals surface area contributed by atoms with Crippen LogP contribution in [0.1, 0.15) is 52.7 Å². The van der Waals surface area contributed by atoms with Gasteiger partial charge in [0.1, 0.15) is 17.2 Å². The lowest BCUT2D eigenvalue weighted by Gasteiger charge is -2.30. The van der Waals surface area contributed by atoms with Crippen molar-refractivity contribution in [2.24, 2.45) is 5.41 Å². The molecule has 2 N–H and O–H groups in total. The van der Waals surface area contributed by atoms with Gasteiger partial charge >= 0.3 is 5.97 Å². The summed E-state index contributed by atoms with van der Waals surface area (Å²) >= 11 is 5.80. The average molecular weight is 514 g/mol. The number of rotatable bonds is 7. The highest BCUT2D eigenvalue weighted by Crippen LogP contribution is 2.35. The fraction of sp³-hybridized carbons (Fsp3) is 0.320. The molecule has 2 amide bonds. The molecule has 1 aliphatic rings. The standard InChI is InChI=1S/C25H25ClFN5O4/c1-25(24(35)36-2)8-5-15(6-9-25)13-29-23(34)20-12-19(31-21-7-10-30-32(20)21)22(33)28-14-16-3-4-18(27)17(26)11-16/h3-5,7,10-12H,6,8-9,13-14H2,1-2H3,(H,28,33)(H,29,34). The number of carbonyl (C=O) groups excluding carboxylic acids is 3. The van der Waals surface area contributed by atoms with Gasteiger partial charge in [-0.1, -0.05) is 29.3 Å². The quantitative estimate of drug-likeness (QED) is 0.369. The normalized spacial score (nSPS) is 17.4. The largest absolute Gasteiger partial charge is 0.469 e. The predicted molar refractivity (Wildman–Crippen MR) is 130 cm³/mol. The second kappa shape index (κ2) is 10.4. The summed E-state index contributed by atoms with van der Waals surface area (Å²) in [5.74, 6) is -1.72. The van der Waals surface area contributed by atoms with Gasteiger partial charge in [0, 0.05) is 25.2 Å². The summed E-state index contributed by atoms with van der Waals surface area (Å²) in [4.78, 5) is 42.1. The van der Waals surface area contributed by atoms with Crippen LogP contribution in [0, 0.1) is 11.2 Å². The number of nitrogens with zero attached hydrogens (tertiary/aromatic N) is 3. The van der Waals surface area contributed by atoms with Gasteiger partial charge in [-0.3, -0.25) is 14.4 Å². The number of nitrogens with one attached hydrogen (secondary N) is 2. The van der Waals surface area contributed by atoms with Crippen molar-refractivity contribution >= 4 is 35.0 Å². The molecule has 188 valence electrons. The molecule has 1 aromatic carbocycles. The van der Waals surface area contributed by atoms with Crippen molar-refractivity contribution in [3.8, 4) is 0 Å². The Balaban J connectivity index is 1.45. The van der Waals surface area contributed by atoms with Gasteiger partial charge in [0.05, 0.1) is 23.7 Å². The van der Waals surface area contributed by atoms with Crippen LogP contribution in [-0.4, -0.2) is 46.0 Å². The summed E-state index contributed by atoms with van der Waals surface area (Å²) in [6.07, 6.45) is 5.26. The zero-order chi connectivity index (χ0) is 25.9. The SMILES string of the molecule is COC(=O)C1(C)CC=C(CNC(=O)c2cc(C(=O)NCc3ccc(F)c(Cl)c3)nc3ccnn23)CC1. The van der Waals surface area contributed by atoms with Crippen LogP contribution in [-0.2, 0) is 16.1 Å². The Bertz CT molecular complexity index is 1370. The van der Waals surface area contributed by atoms with E-state index >= 15 is 0 Å². The number of fused-ring (bicyclic) bond motifs is 1. The van der Waals surface area contributed by atoms with Gasteiger partial charge < -0.3 is 15.4 Å². The fourth-order valence-electron chi connectivity index (χ4n) is 4.00. The lowest BCUT2D eigenvalue weighted by Crippen LogP contribution is -2.33. The third-order valence-electron chi connectivity index (χ3n) is 6.26. The van der Waals surface area contributed by atoms with Crippen LogP contribution < -0.4 is 10.6 Å². The van der Waals surface area contributed by atoms with E-state index in [1.165, 1.54) is 42.1 Å². The summed E-state index contributed by atoms with van der Waals surface area (Å²) in [5.41, 5.74) is 1.58. The zero-order valence-corrected chi connectivity index (χ0v) is 20.6. The molecule has 1 atom stereocenters. The summed E-state index contributed by atoms with van der Waals surface area (Å²) in [6.45, 7) is 2.27. The van der Waals surface area contributed by atoms with Crippen molar-refractivity contribution in [2.45, 2.75) is 32.7 Å². The molecular weight excluding hydrogens is 489 g/mol. The summed E-state index contributed by atoms with van der Waals surface area (Å²) in [5, 5.41) is 9.66. The monoisotopic (exact) mass is 513 g/mol. The lowest BCUT2D eigenvalue weighted by atomic mass is 9.76. The summed E-state index contributed by atoms with van der Waals surface area (Å²) in [6, 6.07) is 7.12. The minimum atomic E-state index is -0.559. The maximum Gasteiger partial charge on any atom is 0.311 e. The Labute approximate surface area is 211 Å². The maximum atomic E-state index is 13.4. The first-order valence-electron chi connectivity index (χ1n) is 11.3. The number of allylic oxidation sites excluding steroid dienone is 1. The molecular formula is C25H25ClFN5O4. The molecule has 0 aliphatic heterocycles. The van der Waals surface area contributed by atoms with Crippen LogP contribution in [0.3, 0.4) is 0 Å². The van der Waals surface area contributed by atoms with Gasteiger partial charge in [-0.25, -0.2) is 13.9 Å². The van der Waals surface area contributed by atoms with Gasteiger partial charge in [0.15, 0.2) is 5.65 Å². The van der Waals surface area contributed by atoms with Crippen LogP contribution in [0.5, 0.6) is 0 Å². The molecule has 9 nitrogen and oxygen atoms in total. The zero-order valence-electron chi connectivity index (χ0n) is 19.8. The molecule has 0 radical (unpaired) electrons. The van der Waals surface area contributed by atoms with Gasteiger partial charge in [0.2, 0.25) is 0 Å². The highest BCUT2D eigenvalue weighted by atomic mass is 35.5. The minimum Gasteiger partial charge on any atom is -0.469 e. The van der Waals surface area contributed by atoms with Crippen molar-refractivity contribution in [1.29, 1.82) is 0 Å². The van der Waals surface area contributed by atoms with E-state index in [0.29, 0.717) is 37.0 Å². The number of benzene rings is 1. The number of esters is 1. The van der Waals surface area contributed by atoms with Gasteiger partial charge in [-0.2, -0.15) is 5.10 Å². The first kappa shape index (κ1) is 25.3. The number of halogens is 2. The number of hydrogen-bond acceptors (Lipinski definition) is 6. The topological polar surface area (TPSA) is 115 Å². The second-order valence-corrected chi connectivity index (χ2v) is 9.27. The number of hydrogen-bond donors (Lipinski definition) is 2. The molecule has 2 heterocycles. The fourth-order valence-corrected chi connectivity index (χ4v) is 4.20. The Morgan fingerprint density at radius 3 is 2.64 bits per heavy atom. The van der Waals surface area contributed by atoms with Crippen LogP contribution in [0.2, 0.25) is 5.02 Å². The van der Waals surface area contributed by atoms with Crippen molar-refractivity contribution in [3.63, 3.8) is 0 Å². The van der Waals surface area contributed by atoms with Crippen LogP contribution in [0.15, 0.2) is 48.2 Å². The van der Waals surface area contributed by atoms with Crippen molar-refractivity contribution in [1.82, 2.24) is 25.2 Å². The van der Waals surface area contributed by atoms with E-state index in [4.69, 9.17) is 16.3 Å². The number of ether oxygens (including phenoxy) is 1. The van der Waals surface area contributed by atoms with E-state index < -0.39 is 23.0 Å². The third-order valence-corrected chi connectivity index (χ3v) is 6.54. The van der Waals surface area contributed by atoms with E-state index in [0.717, 1.165) is 5.57 Å². The van der Waals surface area contributed by atoms with Crippen LogP contribution >= 0.6 is 11.6 Å². The number of aromatic nitrogens is 3. The molecule has 0 fully saturated rings. The molecule has 36 heavy (non-hydrogen) atoms. The summed E-state index contributed by atoms with van der Waals surface area (Å²) < 4.78 is 19.6. The van der Waals surface area contributed by atoms with Crippen LogP contribution in [0.25, 0.3) is 5.65 Å². The molecule has 0 spiro atoms. The first-order valence-corrected chi connectivity index (χ1v) is 11.7. The molecule has 1 aliphatic carbocycles. The molecule has 2 aromatic heterocycles. The van der Waals surface area contributed by atoms with Gasteiger partial charge in [0.25, 0.3) is 11.8 Å². The second-order valence-electron chi connectivity index (χ2n) is 8.86. The van der Waals surface area contributed by atoms with E-state index in [-0.39, 0.29) is 28.9 Å². The van der Waals surface area contributed by atoms with Gasteiger partial charge in [-0.05, 0) is 43.9 Å². The van der Waals surface area contributed by atoms with Gasteiger partial charge in [-0.15, -0.1) is 0 Å². The van der Waals surface area contributed by atoms with Crippen molar-refractivity contribution in [3.05, 3.63) is 76.0 Å². The van der Waals surface area contributed by atoms with E-state index in [9.17, 15) is 18.8 Å². The predicted octanol–water partition coefficient (Wildman–Crippen LogP) is 3.47. The average Bonchev–Trinajstić information content (AvgIpc) is 3.36. The van der Waals surface area contributed by atoms with E-state index in [2.05, 4.69) is 20.7 Å². The molecule has 0 saturated heterocycles. The minimum absolute atomic E-state index is 0.0343. The molecule has 0 bridgehead atoms. The highest BCUT2D eigenvalue weighted by molar-refractivity contribution is 6.30. The maximum absolute atomic E-state index is 13.4.